The van der Waals surface area contributed by atoms with E-state index in [1.165, 1.54) is 19.1 Å². The molecule has 2 amide bonds. The summed E-state index contributed by atoms with van der Waals surface area (Å²) in [5, 5.41) is 5.28. The van der Waals surface area contributed by atoms with E-state index >= 15 is 0 Å². The summed E-state index contributed by atoms with van der Waals surface area (Å²) < 4.78 is 10.3. The SMILES string of the molecule is CC(C)CNC(=O)[C@H](C)OC(=O)c1ccc(NC(=O)OC(C)(C)C)cc1. The molecule has 0 aliphatic carbocycles. The second-order valence-corrected chi connectivity index (χ2v) is 7.39. The normalized spacial score (nSPS) is 12.3. The summed E-state index contributed by atoms with van der Waals surface area (Å²) in [7, 11) is 0. The summed E-state index contributed by atoms with van der Waals surface area (Å²) in [6, 6.07) is 6.13. The van der Waals surface area contributed by atoms with Crippen LogP contribution in [0.3, 0.4) is 0 Å². The lowest BCUT2D eigenvalue weighted by molar-refractivity contribution is -0.129. The summed E-state index contributed by atoms with van der Waals surface area (Å²) in [4.78, 5) is 35.7. The average molecular weight is 364 g/mol. The van der Waals surface area contributed by atoms with E-state index in [1.807, 2.05) is 13.8 Å². The highest BCUT2D eigenvalue weighted by molar-refractivity contribution is 5.93. The molecule has 0 bridgehead atoms. The Hall–Kier alpha value is -2.57. The number of hydrogen-bond donors (Lipinski definition) is 2. The number of carbonyl (C=O) groups excluding carboxylic acids is 3. The maximum absolute atomic E-state index is 12.1. The van der Waals surface area contributed by atoms with Crippen LogP contribution in [-0.2, 0) is 14.3 Å². The second kappa shape index (κ2) is 9.22. The summed E-state index contributed by atoms with van der Waals surface area (Å²) in [6.07, 6.45) is -1.47. The summed E-state index contributed by atoms with van der Waals surface area (Å²) in [5.74, 6) is -0.636. The van der Waals surface area contributed by atoms with Crippen molar-refractivity contribution in [3.63, 3.8) is 0 Å². The van der Waals surface area contributed by atoms with Gasteiger partial charge in [-0.15, -0.1) is 0 Å². The van der Waals surface area contributed by atoms with Crippen molar-refractivity contribution in [1.82, 2.24) is 5.32 Å². The molecule has 0 saturated carbocycles. The van der Waals surface area contributed by atoms with E-state index in [0.717, 1.165) is 0 Å². The highest BCUT2D eigenvalue weighted by atomic mass is 16.6. The zero-order valence-electron chi connectivity index (χ0n) is 16.2. The number of nitrogens with one attached hydrogen (secondary N) is 2. The molecule has 1 rings (SSSR count). The van der Waals surface area contributed by atoms with E-state index in [-0.39, 0.29) is 11.5 Å². The van der Waals surface area contributed by atoms with Gasteiger partial charge in [0.2, 0.25) is 0 Å². The quantitative estimate of drug-likeness (QED) is 0.755. The summed E-state index contributed by atoms with van der Waals surface area (Å²) >= 11 is 0. The first-order valence-electron chi connectivity index (χ1n) is 8.56. The average Bonchev–Trinajstić information content (AvgIpc) is 2.51. The van der Waals surface area contributed by atoms with Crippen molar-refractivity contribution in [3.05, 3.63) is 29.8 Å². The first kappa shape index (κ1) is 21.5. The van der Waals surface area contributed by atoms with Crippen molar-refractivity contribution in [3.8, 4) is 0 Å². The Bertz CT molecular complexity index is 632. The van der Waals surface area contributed by atoms with Crippen molar-refractivity contribution in [2.75, 3.05) is 11.9 Å². The number of hydrogen-bond acceptors (Lipinski definition) is 5. The topological polar surface area (TPSA) is 93.7 Å². The van der Waals surface area contributed by atoms with Crippen molar-refractivity contribution in [1.29, 1.82) is 0 Å². The first-order valence-corrected chi connectivity index (χ1v) is 8.56. The molecule has 1 atom stereocenters. The monoisotopic (exact) mass is 364 g/mol. The molecule has 1 aromatic rings. The number of esters is 1. The smallest absolute Gasteiger partial charge is 0.412 e. The first-order chi connectivity index (χ1) is 12.0. The van der Waals surface area contributed by atoms with Crippen LogP contribution in [0.5, 0.6) is 0 Å². The van der Waals surface area contributed by atoms with Crippen LogP contribution in [0.1, 0.15) is 51.9 Å². The second-order valence-electron chi connectivity index (χ2n) is 7.39. The zero-order chi connectivity index (χ0) is 19.9. The number of carbonyl (C=O) groups is 3. The number of benzene rings is 1. The maximum Gasteiger partial charge on any atom is 0.412 e. The third-order valence-corrected chi connectivity index (χ3v) is 3.10. The van der Waals surface area contributed by atoms with Crippen LogP contribution in [0.2, 0.25) is 0 Å². The minimum Gasteiger partial charge on any atom is -0.449 e. The molecule has 0 unspecified atom stereocenters. The van der Waals surface area contributed by atoms with Crippen molar-refractivity contribution >= 4 is 23.7 Å². The lowest BCUT2D eigenvalue weighted by Crippen LogP contribution is -2.37. The van der Waals surface area contributed by atoms with Gasteiger partial charge < -0.3 is 14.8 Å². The van der Waals surface area contributed by atoms with E-state index in [9.17, 15) is 14.4 Å². The minimum absolute atomic E-state index is 0.281. The molecule has 144 valence electrons. The zero-order valence-corrected chi connectivity index (χ0v) is 16.2. The lowest BCUT2D eigenvalue weighted by Gasteiger charge is -2.19. The van der Waals surface area contributed by atoms with Crippen LogP contribution in [0.4, 0.5) is 10.5 Å². The van der Waals surface area contributed by atoms with E-state index in [4.69, 9.17) is 9.47 Å². The Morgan fingerprint density at radius 2 is 1.62 bits per heavy atom. The Labute approximate surface area is 154 Å². The fourth-order valence-electron chi connectivity index (χ4n) is 1.84. The Kier molecular flexibility index (Phi) is 7.61. The van der Waals surface area contributed by atoms with Crippen LogP contribution < -0.4 is 10.6 Å². The maximum atomic E-state index is 12.1. The number of rotatable bonds is 6. The van der Waals surface area contributed by atoms with Crippen LogP contribution in [0.25, 0.3) is 0 Å². The van der Waals surface area contributed by atoms with Gasteiger partial charge in [-0.3, -0.25) is 10.1 Å². The number of amides is 2. The molecule has 0 aliphatic rings. The van der Waals surface area contributed by atoms with Crippen molar-refractivity contribution in [2.45, 2.75) is 53.2 Å². The predicted octanol–water partition coefficient (Wildman–Crippen LogP) is 3.35. The van der Waals surface area contributed by atoms with Gasteiger partial charge in [0.25, 0.3) is 5.91 Å². The van der Waals surface area contributed by atoms with Crippen LogP contribution >= 0.6 is 0 Å². The van der Waals surface area contributed by atoms with Crippen molar-refractivity contribution in [2.24, 2.45) is 5.92 Å². The van der Waals surface area contributed by atoms with E-state index in [1.54, 1.807) is 32.9 Å². The van der Waals surface area contributed by atoms with Crippen molar-refractivity contribution < 1.29 is 23.9 Å². The molecule has 0 saturated heterocycles. The Morgan fingerprint density at radius 1 is 1.04 bits per heavy atom. The molecule has 0 fully saturated rings. The number of anilines is 1. The Morgan fingerprint density at radius 3 is 2.12 bits per heavy atom. The van der Waals surface area contributed by atoms with Gasteiger partial charge in [-0.1, -0.05) is 13.8 Å². The van der Waals surface area contributed by atoms with Crippen LogP contribution in [0, 0.1) is 5.92 Å². The lowest BCUT2D eigenvalue weighted by atomic mass is 10.2. The third-order valence-electron chi connectivity index (χ3n) is 3.10. The van der Waals surface area contributed by atoms with E-state index in [2.05, 4.69) is 10.6 Å². The molecular weight excluding hydrogens is 336 g/mol. The molecule has 0 radical (unpaired) electrons. The van der Waals surface area contributed by atoms with Gasteiger partial charge in [0.15, 0.2) is 6.10 Å². The fraction of sp³-hybridized carbons (Fsp3) is 0.526. The molecule has 2 N–H and O–H groups in total. The highest BCUT2D eigenvalue weighted by Crippen LogP contribution is 2.14. The van der Waals surface area contributed by atoms with Crippen LogP contribution in [-0.4, -0.2) is 36.2 Å². The van der Waals surface area contributed by atoms with Gasteiger partial charge in [0, 0.05) is 12.2 Å². The van der Waals surface area contributed by atoms with Gasteiger partial charge in [-0.05, 0) is 57.9 Å². The van der Waals surface area contributed by atoms with Gasteiger partial charge in [0.1, 0.15) is 5.60 Å². The summed E-state index contributed by atoms with van der Waals surface area (Å²) in [5.41, 5.74) is 0.168. The minimum atomic E-state index is -0.888. The van der Waals surface area contributed by atoms with Gasteiger partial charge in [0.05, 0.1) is 5.56 Å². The molecule has 7 nitrogen and oxygen atoms in total. The molecule has 7 heteroatoms. The van der Waals surface area contributed by atoms with Gasteiger partial charge in [-0.2, -0.15) is 0 Å². The molecule has 0 aromatic heterocycles. The Balaban J connectivity index is 2.58. The van der Waals surface area contributed by atoms with Gasteiger partial charge >= 0.3 is 12.1 Å². The molecule has 0 aliphatic heterocycles. The molecule has 1 aromatic carbocycles. The molecule has 0 heterocycles. The fourth-order valence-corrected chi connectivity index (χ4v) is 1.84. The molecular formula is C19H28N2O5. The molecule has 26 heavy (non-hydrogen) atoms. The predicted molar refractivity (Wildman–Crippen MR) is 99.0 cm³/mol. The van der Waals surface area contributed by atoms with Gasteiger partial charge in [-0.25, -0.2) is 9.59 Å². The van der Waals surface area contributed by atoms with E-state index < -0.39 is 23.8 Å². The third kappa shape index (κ3) is 8.00. The molecule has 0 spiro atoms. The summed E-state index contributed by atoms with van der Waals surface area (Å²) in [6.45, 7) is 11.3. The largest absolute Gasteiger partial charge is 0.449 e. The highest BCUT2D eigenvalue weighted by Gasteiger charge is 2.19. The standard InChI is InChI=1S/C19H28N2O5/c1-12(2)11-20-16(22)13(3)25-17(23)14-7-9-15(10-8-14)21-18(24)26-19(4,5)6/h7-10,12-13H,11H2,1-6H3,(H,20,22)(H,21,24)/t13-/m0/s1. The van der Waals surface area contributed by atoms with Crippen LogP contribution in [0.15, 0.2) is 24.3 Å². The number of ether oxygens (including phenoxy) is 2. The van der Waals surface area contributed by atoms with E-state index in [0.29, 0.717) is 18.2 Å².